The van der Waals surface area contributed by atoms with Crippen LogP contribution in [0.1, 0.15) is 39.0 Å². The smallest absolute Gasteiger partial charge is 0.222 e. The SMILES string of the molecule is CCNCC1CCN(C(=O)CCCCOC)CC1. The van der Waals surface area contributed by atoms with Crippen LogP contribution in [0.2, 0.25) is 0 Å². The number of hydrogen-bond donors (Lipinski definition) is 1. The molecule has 0 aromatic heterocycles. The topological polar surface area (TPSA) is 41.6 Å². The van der Waals surface area contributed by atoms with E-state index in [1.807, 2.05) is 4.90 Å². The highest BCUT2D eigenvalue weighted by Gasteiger charge is 2.21. The molecule has 0 aliphatic carbocycles. The maximum atomic E-state index is 12.0. The van der Waals surface area contributed by atoms with Gasteiger partial charge < -0.3 is 15.0 Å². The normalized spacial score (nSPS) is 17.1. The molecule has 1 fully saturated rings. The van der Waals surface area contributed by atoms with Gasteiger partial charge in [-0.15, -0.1) is 0 Å². The van der Waals surface area contributed by atoms with Crippen LogP contribution in [0.5, 0.6) is 0 Å². The zero-order valence-electron chi connectivity index (χ0n) is 11.9. The summed E-state index contributed by atoms with van der Waals surface area (Å²) in [4.78, 5) is 14.0. The van der Waals surface area contributed by atoms with Crippen molar-refractivity contribution in [2.24, 2.45) is 5.92 Å². The van der Waals surface area contributed by atoms with Crippen LogP contribution >= 0.6 is 0 Å². The molecule has 0 aromatic carbocycles. The highest BCUT2D eigenvalue weighted by Crippen LogP contribution is 2.17. The lowest BCUT2D eigenvalue weighted by molar-refractivity contribution is -0.132. The molecule has 0 aromatic rings. The van der Waals surface area contributed by atoms with Crippen molar-refractivity contribution in [3.63, 3.8) is 0 Å². The number of piperidine rings is 1. The van der Waals surface area contributed by atoms with E-state index in [2.05, 4.69) is 12.2 Å². The molecule has 1 amide bonds. The summed E-state index contributed by atoms with van der Waals surface area (Å²) in [6, 6.07) is 0. The summed E-state index contributed by atoms with van der Waals surface area (Å²) in [6.07, 6.45) is 4.91. The summed E-state index contributed by atoms with van der Waals surface area (Å²) in [5.41, 5.74) is 0. The lowest BCUT2D eigenvalue weighted by atomic mass is 9.96. The number of nitrogens with zero attached hydrogens (tertiary/aromatic N) is 1. The molecule has 1 aliphatic heterocycles. The highest BCUT2D eigenvalue weighted by atomic mass is 16.5. The number of carbonyl (C=O) groups is 1. The standard InChI is InChI=1S/C14H28N2O2/c1-3-15-12-13-7-9-16(10-8-13)14(17)6-4-5-11-18-2/h13,15H,3-12H2,1-2H3. The van der Waals surface area contributed by atoms with Crippen LogP contribution in [0.3, 0.4) is 0 Å². The predicted octanol–water partition coefficient (Wildman–Crippen LogP) is 1.65. The Kier molecular flexibility index (Phi) is 8.01. The third kappa shape index (κ3) is 5.83. The van der Waals surface area contributed by atoms with Gasteiger partial charge in [-0.1, -0.05) is 6.92 Å². The van der Waals surface area contributed by atoms with Crippen LogP contribution in [-0.2, 0) is 9.53 Å². The van der Waals surface area contributed by atoms with E-state index < -0.39 is 0 Å². The number of rotatable bonds is 8. The second-order valence-electron chi connectivity index (χ2n) is 5.08. The van der Waals surface area contributed by atoms with Gasteiger partial charge in [-0.2, -0.15) is 0 Å². The molecule has 0 unspecified atom stereocenters. The van der Waals surface area contributed by atoms with E-state index in [0.717, 1.165) is 64.4 Å². The Balaban J connectivity index is 2.11. The van der Waals surface area contributed by atoms with E-state index in [0.29, 0.717) is 12.3 Å². The predicted molar refractivity (Wildman–Crippen MR) is 73.6 cm³/mol. The Morgan fingerprint density at radius 1 is 1.33 bits per heavy atom. The van der Waals surface area contributed by atoms with Gasteiger partial charge in [0.05, 0.1) is 0 Å². The molecule has 1 rings (SSSR count). The summed E-state index contributed by atoms with van der Waals surface area (Å²) >= 11 is 0. The average Bonchev–Trinajstić information content (AvgIpc) is 2.41. The molecule has 0 radical (unpaired) electrons. The lowest BCUT2D eigenvalue weighted by Gasteiger charge is -2.32. The van der Waals surface area contributed by atoms with Crippen molar-refractivity contribution in [2.75, 3.05) is 39.9 Å². The summed E-state index contributed by atoms with van der Waals surface area (Å²) in [5, 5.41) is 3.39. The van der Waals surface area contributed by atoms with E-state index in [4.69, 9.17) is 4.74 Å². The Morgan fingerprint density at radius 3 is 2.67 bits per heavy atom. The minimum absolute atomic E-state index is 0.327. The van der Waals surface area contributed by atoms with Crippen molar-refractivity contribution in [1.82, 2.24) is 10.2 Å². The summed E-state index contributed by atoms with van der Waals surface area (Å²) in [6.45, 7) is 6.93. The number of nitrogens with one attached hydrogen (secondary N) is 1. The molecule has 0 saturated carbocycles. The maximum absolute atomic E-state index is 12.0. The largest absolute Gasteiger partial charge is 0.385 e. The summed E-state index contributed by atoms with van der Waals surface area (Å²) in [5.74, 6) is 1.08. The highest BCUT2D eigenvalue weighted by molar-refractivity contribution is 5.76. The molecule has 4 heteroatoms. The Labute approximate surface area is 111 Å². The van der Waals surface area contributed by atoms with Gasteiger partial charge in [0, 0.05) is 33.2 Å². The average molecular weight is 256 g/mol. The van der Waals surface area contributed by atoms with Crippen molar-refractivity contribution in [3.05, 3.63) is 0 Å². The van der Waals surface area contributed by atoms with Crippen molar-refractivity contribution in [2.45, 2.75) is 39.0 Å². The summed E-state index contributed by atoms with van der Waals surface area (Å²) < 4.78 is 4.99. The first-order chi connectivity index (χ1) is 8.77. The number of likely N-dealkylation sites (tertiary alicyclic amines) is 1. The second-order valence-corrected chi connectivity index (χ2v) is 5.08. The third-order valence-electron chi connectivity index (χ3n) is 3.64. The van der Waals surface area contributed by atoms with E-state index in [-0.39, 0.29) is 0 Å². The van der Waals surface area contributed by atoms with Gasteiger partial charge in [-0.3, -0.25) is 4.79 Å². The molecule has 0 spiro atoms. The van der Waals surface area contributed by atoms with Crippen LogP contribution in [0, 0.1) is 5.92 Å². The van der Waals surface area contributed by atoms with Gasteiger partial charge in [0.25, 0.3) is 0 Å². The van der Waals surface area contributed by atoms with Gasteiger partial charge in [-0.05, 0) is 44.7 Å². The van der Waals surface area contributed by atoms with Crippen LogP contribution in [0.15, 0.2) is 0 Å². The van der Waals surface area contributed by atoms with Crippen LogP contribution < -0.4 is 5.32 Å². The Morgan fingerprint density at radius 2 is 2.06 bits per heavy atom. The fourth-order valence-corrected chi connectivity index (χ4v) is 2.42. The minimum atomic E-state index is 0.327. The van der Waals surface area contributed by atoms with Gasteiger partial charge in [0.2, 0.25) is 5.91 Å². The monoisotopic (exact) mass is 256 g/mol. The number of ether oxygens (including phenoxy) is 1. The lowest BCUT2D eigenvalue weighted by Crippen LogP contribution is -2.40. The number of unbranched alkanes of at least 4 members (excludes halogenated alkanes) is 1. The fourth-order valence-electron chi connectivity index (χ4n) is 2.42. The molecule has 0 atom stereocenters. The number of methoxy groups -OCH3 is 1. The molecule has 4 nitrogen and oxygen atoms in total. The van der Waals surface area contributed by atoms with Crippen LogP contribution in [0.25, 0.3) is 0 Å². The number of amides is 1. The molecule has 1 saturated heterocycles. The first-order valence-corrected chi connectivity index (χ1v) is 7.25. The van der Waals surface area contributed by atoms with Gasteiger partial charge >= 0.3 is 0 Å². The van der Waals surface area contributed by atoms with Crippen molar-refractivity contribution < 1.29 is 9.53 Å². The third-order valence-corrected chi connectivity index (χ3v) is 3.64. The van der Waals surface area contributed by atoms with Crippen molar-refractivity contribution in [1.29, 1.82) is 0 Å². The van der Waals surface area contributed by atoms with Gasteiger partial charge in [0.15, 0.2) is 0 Å². The molecule has 1 aliphatic rings. The molecule has 1 N–H and O–H groups in total. The van der Waals surface area contributed by atoms with E-state index in [9.17, 15) is 4.79 Å². The van der Waals surface area contributed by atoms with E-state index >= 15 is 0 Å². The maximum Gasteiger partial charge on any atom is 0.222 e. The second kappa shape index (κ2) is 9.34. The number of carbonyl (C=O) groups excluding carboxylic acids is 1. The molecule has 18 heavy (non-hydrogen) atoms. The molecule has 106 valence electrons. The Hall–Kier alpha value is -0.610. The Bertz CT molecular complexity index is 226. The molecule has 1 heterocycles. The van der Waals surface area contributed by atoms with E-state index in [1.165, 1.54) is 0 Å². The summed E-state index contributed by atoms with van der Waals surface area (Å²) in [7, 11) is 1.71. The zero-order chi connectivity index (χ0) is 13.2. The molecule has 0 bridgehead atoms. The van der Waals surface area contributed by atoms with Gasteiger partial charge in [-0.25, -0.2) is 0 Å². The van der Waals surface area contributed by atoms with E-state index in [1.54, 1.807) is 7.11 Å². The van der Waals surface area contributed by atoms with Crippen LogP contribution in [0.4, 0.5) is 0 Å². The fraction of sp³-hybridized carbons (Fsp3) is 0.929. The minimum Gasteiger partial charge on any atom is -0.385 e. The molecular weight excluding hydrogens is 228 g/mol. The van der Waals surface area contributed by atoms with Crippen molar-refractivity contribution in [3.8, 4) is 0 Å². The first-order valence-electron chi connectivity index (χ1n) is 7.25. The first kappa shape index (κ1) is 15.4. The van der Waals surface area contributed by atoms with Gasteiger partial charge in [0.1, 0.15) is 0 Å². The quantitative estimate of drug-likeness (QED) is 0.671. The van der Waals surface area contributed by atoms with Crippen molar-refractivity contribution >= 4 is 5.91 Å². The van der Waals surface area contributed by atoms with Crippen LogP contribution in [-0.4, -0.2) is 50.7 Å². The molecular formula is C14H28N2O2. The zero-order valence-corrected chi connectivity index (χ0v) is 11.9. The number of hydrogen-bond acceptors (Lipinski definition) is 3.